The first kappa shape index (κ1) is 19.5. The van der Waals surface area contributed by atoms with Crippen LogP contribution < -0.4 is 0 Å². The summed E-state index contributed by atoms with van der Waals surface area (Å²) in [5.41, 5.74) is -1.45. The van der Waals surface area contributed by atoms with Crippen LogP contribution in [-0.2, 0) is 12.6 Å². The van der Waals surface area contributed by atoms with Gasteiger partial charge in [0, 0.05) is 30.9 Å². The second kappa shape index (κ2) is 7.68. The Labute approximate surface area is 175 Å². The van der Waals surface area contributed by atoms with E-state index in [1.165, 1.54) is 11.1 Å². The Morgan fingerprint density at radius 1 is 1.19 bits per heavy atom. The summed E-state index contributed by atoms with van der Waals surface area (Å²) in [5, 5.41) is 7.57. The van der Waals surface area contributed by atoms with E-state index in [4.69, 9.17) is 1.37 Å². The van der Waals surface area contributed by atoms with Crippen LogP contribution in [0.5, 0.6) is 0 Å². The molecule has 1 atom stereocenters. The highest BCUT2D eigenvalue weighted by molar-refractivity contribution is 5.98. The molecule has 0 unspecified atom stereocenters. The van der Waals surface area contributed by atoms with Crippen LogP contribution in [0.2, 0.25) is 0 Å². The van der Waals surface area contributed by atoms with E-state index in [0.29, 0.717) is 36.2 Å². The van der Waals surface area contributed by atoms with E-state index in [2.05, 4.69) is 15.2 Å². The number of hydrogen-bond donors (Lipinski definition) is 0. The minimum Gasteiger partial charge on any atom is -0.341 e. The van der Waals surface area contributed by atoms with Gasteiger partial charge in [-0.3, -0.25) is 9.78 Å². The Morgan fingerprint density at radius 2 is 1.97 bits per heavy atom. The molecule has 1 aliphatic rings. The van der Waals surface area contributed by atoms with Gasteiger partial charge in [0.25, 0.3) is 5.91 Å². The van der Waals surface area contributed by atoms with Gasteiger partial charge < -0.3 is 4.90 Å². The van der Waals surface area contributed by atoms with E-state index in [1.807, 2.05) is 0 Å². The maximum absolute atomic E-state index is 15.4. The first-order valence-corrected chi connectivity index (χ1v) is 9.12. The van der Waals surface area contributed by atoms with Crippen LogP contribution in [0, 0.1) is 5.82 Å². The van der Waals surface area contributed by atoms with Crippen molar-refractivity contribution in [2.75, 3.05) is 13.6 Å². The first-order chi connectivity index (χ1) is 15.0. The summed E-state index contributed by atoms with van der Waals surface area (Å²) in [6.07, 6.45) is -5.46. The van der Waals surface area contributed by atoms with Crippen molar-refractivity contribution in [1.29, 1.82) is 0 Å². The minimum atomic E-state index is -4.92. The van der Waals surface area contributed by atoms with E-state index in [1.54, 1.807) is 13.1 Å². The van der Waals surface area contributed by atoms with Crippen LogP contribution in [-0.4, -0.2) is 39.6 Å². The van der Waals surface area contributed by atoms with E-state index >= 15 is 4.39 Å². The summed E-state index contributed by atoms with van der Waals surface area (Å²) in [6.45, 7) is 0.423. The summed E-state index contributed by atoms with van der Waals surface area (Å²) in [5.74, 6) is -1.55. The Balaban J connectivity index is 1.80. The number of pyridine rings is 1. The smallest absolute Gasteiger partial charge is 0.341 e. The molecule has 0 bridgehead atoms. The lowest BCUT2D eigenvalue weighted by Crippen LogP contribution is -2.34. The van der Waals surface area contributed by atoms with Crippen LogP contribution in [0.3, 0.4) is 0 Å². The van der Waals surface area contributed by atoms with Crippen LogP contribution in [0.15, 0.2) is 42.7 Å². The molecule has 0 saturated carbocycles. The lowest BCUT2D eigenvalue weighted by Gasteiger charge is -2.25. The molecule has 5 nitrogen and oxygen atoms in total. The lowest BCUT2D eigenvalue weighted by atomic mass is 9.95. The number of fused-ring (bicyclic) bond motifs is 1. The van der Waals surface area contributed by atoms with Crippen molar-refractivity contribution in [2.24, 2.45) is 0 Å². The van der Waals surface area contributed by atoms with Gasteiger partial charge in [0.15, 0.2) is 6.15 Å². The third-order valence-corrected chi connectivity index (χ3v) is 4.96. The summed E-state index contributed by atoms with van der Waals surface area (Å²) in [7, 11) is 1.65. The average Bonchev–Trinajstić information content (AvgIpc) is 2.75. The van der Waals surface area contributed by atoms with Crippen molar-refractivity contribution in [1.82, 2.24) is 20.1 Å². The van der Waals surface area contributed by atoms with Crippen LogP contribution in [0.4, 0.5) is 22.0 Å². The zero-order chi connectivity index (χ0) is 23.3. The van der Waals surface area contributed by atoms with E-state index in [9.17, 15) is 22.4 Å². The fourth-order valence-electron chi connectivity index (χ4n) is 3.40. The van der Waals surface area contributed by atoms with E-state index in [0.717, 1.165) is 12.3 Å². The number of amides is 1. The average molecular weight is 435 g/mol. The molecule has 31 heavy (non-hydrogen) atoms. The van der Waals surface area contributed by atoms with Gasteiger partial charge in [0.1, 0.15) is 11.5 Å². The number of benzene rings is 1. The van der Waals surface area contributed by atoms with Gasteiger partial charge in [0.2, 0.25) is 0 Å². The van der Waals surface area contributed by atoms with Crippen LogP contribution in [0.1, 0.15) is 40.1 Å². The molecule has 10 heteroatoms. The Kier molecular flexibility index (Phi) is 4.84. The molecule has 1 aromatic carbocycles. The quantitative estimate of drug-likeness (QED) is 0.573. The summed E-state index contributed by atoms with van der Waals surface area (Å²) in [4.78, 5) is 18.1. The highest BCUT2D eigenvalue weighted by atomic mass is 19.4. The van der Waals surface area contributed by atoms with Crippen molar-refractivity contribution in [2.45, 2.75) is 18.7 Å². The monoisotopic (exact) mass is 435 g/mol. The maximum Gasteiger partial charge on any atom is 0.416 e. The van der Waals surface area contributed by atoms with Gasteiger partial charge in [-0.1, -0.05) is 0 Å². The molecule has 160 valence electrons. The fraction of sp³-hybridized carbons (Fsp3) is 0.238. The zero-order valence-electron chi connectivity index (χ0n) is 17.0. The molecule has 0 N–H and O–H groups in total. The third kappa shape index (κ3) is 3.97. The van der Waals surface area contributed by atoms with E-state index in [-0.39, 0.29) is 23.4 Å². The van der Waals surface area contributed by atoms with Gasteiger partial charge in [0.05, 0.1) is 18.8 Å². The molecule has 0 fully saturated rings. The molecule has 2 aromatic heterocycles. The molecule has 0 saturated heterocycles. The first-order valence-electron chi connectivity index (χ1n) is 9.62. The molecule has 4 rings (SSSR count). The molecule has 1 amide bonds. The summed E-state index contributed by atoms with van der Waals surface area (Å²) < 4.78 is 76.4. The van der Waals surface area contributed by atoms with Crippen molar-refractivity contribution in [3.05, 3.63) is 76.4 Å². The van der Waals surface area contributed by atoms with Gasteiger partial charge in [-0.25, -0.2) is 8.78 Å². The topological polar surface area (TPSA) is 59.0 Å². The predicted octanol–water partition coefficient (Wildman–Crippen LogP) is 4.38. The number of carbonyl (C=O) groups excluding carboxylic acids is 1. The second-order valence-electron chi connectivity index (χ2n) is 7.03. The summed E-state index contributed by atoms with van der Waals surface area (Å²) in [6, 6.07) is 3.80. The number of rotatable bonds is 3. The number of aromatic nitrogens is 3. The van der Waals surface area contributed by atoms with Crippen LogP contribution >= 0.6 is 0 Å². The van der Waals surface area contributed by atoms with Crippen molar-refractivity contribution >= 4 is 5.91 Å². The lowest BCUT2D eigenvalue weighted by molar-refractivity contribution is -0.137. The second-order valence-corrected chi connectivity index (χ2v) is 7.03. The molecule has 0 aliphatic carbocycles. The largest absolute Gasteiger partial charge is 0.416 e. The Bertz CT molecular complexity index is 1220. The number of likely N-dealkylation sites (N-methyl/N-ethyl adjacent to an activating group) is 1. The number of carbonyl (C=O) groups is 1. The number of alkyl halides is 4. The fourth-order valence-corrected chi connectivity index (χ4v) is 3.40. The van der Waals surface area contributed by atoms with Gasteiger partial charge in [-0.15, -0.1) is 5.10 Å². The standard InChI is InChI=1S/C21H15F5N4O/c1-30-5-3-15-16(20(30)31)2-4-27-19(15)17-8-12(10-28-29-17)18(23)11-6-13(21(24,25)26)9-14(22)7-11/h2,4,6-10,18H,3,5H2,1H3/t18-/m1/s1/i18D. The molecular formula is C21H15F5N4O. The normalized spacial score (nSPS) is 16.5. The molecule has 1 aliphatic heterocycles. The zero-order valence-corrected chi connectivity index (χ0v) is 16.0. The van der Waals surface area contributed by atoms with Gasteiger partial charge >= 0.3 is 6.18 Å². The third-order valence-electron chi connectivity index (χ3n) is 4.96. The highest BCUT2D eigenvalue weighted by Gasteiger charge is 2.32. The summed E-state index contributed by atoms with van der Waals surface area (Å²) >= 11 is 0. The molecular weight excluding hydrogens is 419 g/mol. The van der Waals surface area contributed by atoms with Crippen molar-refractivity contribution < 1.29 is 28.1 Å². The Morgan fingerprint density at radius 3 is 2.71 bits per heavy atom. The number of nitrogens with zero attached hydrogens (tertiary/aromatic N) is 4. The van der Waals surface area contributed by atoms with Crippen molar-refractivity contribution in [3.63, 3.8) is 0 Å². The SMILES string of the molecule is [2H][C@@](F)(c1cc(F)cc(C(F)(F)F)c1)c1cnnc(-c2nccc3c2CCN(C)C3=O)c1. The molecule has 0 spiro atoms. The number of halogens is 5. The predicted molar refractivity (Wildman–Crippen MR) is 100 cm³/mol. The molecule has 3 aromatic rings. The van der Waals surface area contributed by atoms with E-state index < -0.39 is 34.8 Å². The molecule has 3 heterocycles. The highest BCUT2D eigenvalue weighted by Crippen LogP contribution is 2.35. The molecule has 0 radical (unpaired) electrons. The van der Waals surface area contributed by atoms with Gasteiger partial charge in [-0.2, -0.15) is 18.3 Å². The van der Waals surface area contributed by atoms with Crippen molar-refractivity contribution in [3.8, 4) is 11.4 Å². The van der Waals surface area contributed by atoms with Crippen LogP contribution in [0.25, 0.3) is 11.4 Å². The minimum absolute atomic E-state index is 0.0402. The number of hydrogen-bond acceptors (Lipinski definition) is 4. The maximum atomic E-state index is 15.4. The van der Waals surface area contributed by atoms with Gasteiger partial charge in [-0.05, 0) is 47.9 Å². The Hall–Kier alpha value is -3.43.